The Hall–Kier alpha value is -3.03. The number of aromatic nitrogens is 6. The van der Waals surface area contributed by atoms with E-state index in [0.29, 0.717) is 6.04 Å². The van der Waals surface area contributed by atoms with Crippen molar-refractivity contribution in [3.05, 3.63) is 48.9 Å². The lowest BCUT2D eigenvalue weighted by atomic mass is 9.91. The SMILES string of the molecule is Cc1cnn(C(C)C(=O)NC2CCC(n3cc(-c4ccncn4)cn3)CC2)c1. The molecule has 3 aromatic rings. The lowest BCUT2D eigenvalue weighted by Crippen LogP contribution is -2.41. The van der Waals surface area contributed by atoms with Gasteiger partial charge in [0.25, 0.3) is 0 Å². The maximum absolute atomic E-state index is 12.5. The van der Waals surface area contributed by atoms with Crippen LogP contribution in [-0.4, -0.2) is 41.5 Å². The van der Waals surface area contributed by atoms with Crippen LogP contribution in [0.2, 0.25) is 0 Å². The Labute approximate surface area is 164 Å². The van der Waals surface area contributed by atoms with Crippen molar-refractivity contribution in [3.8, 4) is 11.3 Å². The van der Waals surface area contributed by atoms with Gasteiger partial charge in [0.1, 0.15) is 12.4 Å². The smallest absolute Gasteiger partial charge is 0.244 e. The van der Waals surface area contributed by atoms with Gasteiger partial charge < -0.3 is 5.32 Å². The largest absolute Gasteiger partial charge is 0.352 e. The number of nitrogens with one attached hydrogen (secondary N) is 1. The van der Waals surface area contributed by atoms with Crippen LogP contribution >= 0.6 is 0 Å². The Bertz CT molecular complexity index is 925. The average Bonchev–Trinajstić information content (AvgIpc) is 3.38. The van der Waals surface area contributed by atoms with Crippen LogP contribution in [0.3, 0.4) is 0 Å². The average molecular weight is 379 g/mol. The van der Waals surface area contributed by atoms with Gasteiger partial charge in [0.2, 0.25) is 5.91 Å². The zero-order valence-corrected chi connectivity index (χ0v) is 16.2. The maximum Gasteiger partial charge on any atom is 0.244 e. The minimum atomic E-state index is -0.298. The maximum atomic E-state index is 12.5. The Kier molecular flexibility index (Phi) is 5.18. The summed E-state index contributed by atoms with van der Waals surface area (Å²) in [5.74, 6) is 0.0247. The number of carbonyl (C=O) groups excluding carboxylic acids is 1. The Morgan fingerprint density at radius 2 is 2.00 bits per heavy atom. The van der Waals surface area contributed by atoms with E-state index in [1.807, 2.05) is 43.2 Å². The number of amides is 1. The van der Waals surface area contributed by atoms with Crippen LogP contribution in [0.4, 0.5) is 0 Å². The second-order valence-corrected chi connectivity index (χ2v) is 7.49. The molecule has 1 atom stereocenters. The van der Waals surface area contributed by atoms with Crippen molar-refractivity contribution in [2.24, 2.45) is 0 Å². The molecule has 1 saturated carbocycles. The van der Waals surface area contributed by atoms with Crippen LogP contribution in [-0.2, 0) is 4.79 Å². The molecule has 3 aromatic heterocycles. The topological polar surface area (TPSA) is 90.5 Å². The highest BCUT2D eigenvalue weighted by Crippen LogP contribution is 2.29. The molecule has 0 aliphatic heterocycles. The molecule has 1 aliphatic rings. The van der Waals surface area contributed by atoms with Crippen molar-refractivity contribution in [3.63, 3.8) is 0 Å². The number of nitrogens with zero attached hydrogens (tertiary/aromatic N) is 6. The second-order valence-electron chi connectivity index (χ2n) is 7.49. The quantitative estimate of drug-likeness (QED) is 0.736. The third-order valence-electron chi connectivity index (χ3n) is 5.40. The molecule has 1 amide bonds. The molecule has 3 heterocycles. The van der Waals surface area contributed by atoms with Gasteiger partial charge in [0.15, 0.2) is 0 Å². The Morgan fingerprint density at radius 3 is 2.68 bits per heavy atom. The molecular formula is C20H25N7O. The molecule has 0 radical (unpaired) electrons. The standard InChI is InChI=1S/C20H25N7O/c1-14-9-23-26(11-14)15(2)20(28)25-17-3-5-18(6-4-17)27-12-16(10-24-27)19-7-8-21-13-22-19/h7-13,15,17-18H,3-6H2,1-2H3,(H,25,28). The van der Waals surface area contributed by atoms with Crippen LogP contribution in [0.15, 0.2) is 43.4 Å². The molecule has 0 aromatic carbocycles. The fourth-order valence-corrected chi connectivity index (χ4v) is 3.70. The molecule has 0 bridgehead atoms. The van der Waals surface area contributed by atoms with Crippen LogP contribution in [0, 0.1) is 6.92 Å². The normalized spacial score (nSPS) is 20.6. The van der Waals surface area contributed by atoms with E-state index >= 15 is 0 Å². The molecule has 4 rings (SSSR count). The second kappa shape index (κ2) is 7.92. The lowest BCUT2D eigenvalue weighted by molar-refractivity contribution is -0.125. The predicted octanol–water partition coefficient (Wildman–Crippen LogP) is 2.71. The van der Waals surface area contributed by atoms with Crippen LogP contribution in [0.25, 0.3) is 11.3 Å². The molecule has 0 spiro atoms. The first kappa shape index (κ1) is 18.3. The van der Waals surface area contributed by atoms with Crippen molar-refractivity contribution in [1.29, 1.82) is 0 Å². The summed E-state index contributed by atoms with van der Waals surface area (Å²) in [6.07, 6.45) is 14.7. The summed E-state index contributed by atoms with van der Waals surface area (Å²) in [5.41, 5.74) is 2.94. The van der Waals surface area contributed by atoms with E-state index in [-0.39, 0.29) is 18.0 Å². The highest BCUT2D eigenvalue weighted by Gasteiger charge is 2.26. The highest BCUT2D eigenvalue weighted by atomic mass is 16.2. The van der Waals surface area contributed by atoms with Gasteiger partial charge in [-0.15, -0.1) is 0 Å². The van der Waals surface area contributed by atoms with Crippen molar-refractivity contribution < 1.29 is 4.79 Å². The molecule has 1 aliphatic carbocycles. The summed E-state index contributed by atoms with van der Waals surface area (Å²) in [6, 6.07) is 2.15. The predicted molar refractivity (Wildman–Crippen MR) is 104 cm³/mol. The third kappa shape index (κ3) is 3.95. The summed E-state index contributed by atoms with van der Waals surface area (Å²) in [4.78, 5) is 20.8. The van der Waals surface area contributed by atoms with Gasteiger partial charge in [0, 0.05) is 30.2 Å². The zero-order chi connectivity index (χ0) is 19.5. The fourth-order valence-electron chi connectivity index (χ4n) is 3.70. The van der Waals surface area contributed by atoms with Gasteiger partial charge >= 0.3 is 0 Å². The fraction of sp³-hybridized carbons (Fsp3) is 0.450. The number of carbonyl (C=O) groups is 1. The molecule has 28 heavy (non-hydrogen) atoms. The number of rotatable bonds is 5. The van der Waals surface area contributed by atoms with Crippen molar-refractivity contribution >= 4 is 5.91 Å². The van der Waals surface area contributed by atoms with Gasteiger partial charge in [-0.1, -0.05) is 0 Å². The molecule has 8 nitrogen and oxygen atoms in total. The van der Waals surface area contributed by atoms with E-state index in [1.165, 1.54) is 0 Å². The van der Waals surface area contributed by atoms with E-state index in [0.717, 1.165) is 42.5 Å². The van der Waals surface area contributed by atoms with E-state index in [4.69, 9.17) is 0 Å². The zero-order valence-electron chi connectivity index (χ0n) is 16.2. The monoisotopic (exact) mass is 379 g/mol. The first-order valence-corrected chi connectivity index (χ1v) is 9.72. The van der Waals surface area contributed by atoms with Gasteiger partial charge in [-0.3, -0.25) is 14.2 Å². The van der Waals surface area contributed by atoms with Gasteiger partial charge in [-0.25, -0.2) is 9.97 Å². The summed E-state index contributed by atoms with van der Waals surface area (Å²) in [5, 5.41) is 12.0. The third-order valence-corrected chi connectivity index (χ3v) is 5.40. The number of hydrogen-bond donors (Lipinski definition) is 1. The Morgan fingerprint density at radius 1 is 1.18 bits per heavy atom. The van der Waals surface area contributed by atoms with Gasteiger partial charge in [-0.2, -0.15) is 10.2 Å². The van der Waals surface area contributed by atoms with Crippen molar-refractivity contribution in [2.45, 2.75) is 57.7 Å². The number of hydrogen-bond acceptors (Lipinski definition) is 5. The van der Waals surface area contributed by atoms with E-state index < -0.39 is 0 Å². The van der Waals surface area contributed by atoms with Crippen LogP contribution in [0.1, 0.15) is 50.3 Å². The molecular weight excluding hydrogens is 354 g/mol. The van der Waals surface area contributed by atoms with Crippen molar-refractivity contribution in [1.82, 2.24) is 34.8 Å². The van der Waals surface area contributed by atoms with E-state index in [1.54, 1.807) is 23.4 Å². The van der Waals surface area contributed by atoms with E-state index in [9.17, 15) is 4.79 Å². The molecule has 1 N–H and O–H groups in total. The minimum Gasteiger partial charge on any atom is -0.352 e. The Balaban J connectivity index is 1.31. The molecule has 0 saturated heterocycles. The summed E-state index contributed by atoms with van der Waals surface area (Å²) >= 11 is 0. The first-order valence-electron chi connectivity index (χ1n) is 9.72. The lowest BCUT2D eigenvalue weighted by Gasteiger charge is -2.30. The summed E-state index contributed by atoms with van der Waals surface area (Å²) < 4.78 is 3.75. The molecule has 8 heteroatoms. The molecule has 1 unspecified atom stereocenters. The van der Waals surface area contributed by atoms with Crippen LogP contribution in [0.5, 0.6) is 0 Å². The summed E-state index contributed by atoms with van der Waals surface area (Å²) in [6.45, 7) is 3.85. The van der Waals surface area contributed by atoms with Crippen molar-refractivity contribution in [2.75, 3.05) is 0 Å². The summed E-state index contributed by atoms with van der Waals surface area (Å²) in [7, 11) is 0. The van der Waals surface area contributed by atoms with Gasteiger partial charge in [0.05, 0.1) is 24.1 Å². The highest BCUT2D eigenvalue weighted by molar-refractivity contribution is 5.80. The van der Waals surface area contributed by atoms with Gasteiger partial charge in [-0.05, 0) is 51.2 Å². The first-order chi connectivity index (χ1) is 13.6. The minimum absolute atomic E-state index is 0.0247. The van der Waals surface area contributed by atoms with E-state index in [2.05, 4.69) is 25.5 Å². The van der Waals surface area contributed by atoms with Crippen LogP contribution < -0.4 is 5.32 Å². The molecule has 146 valence electrons. The molecule has 1 fully saturated rings. The number of aryl methyl sites for hydroxylation is 1.